The number of thiazole rings is 1. The van der Waals surface area contributed by atoms with Gasteiger partial charge < -0.3 is 19.9 Å². The van der Waals surface area contributed by atoms with Crippen LogP contribution in [-0.4, -0.2) is 48.1 Å². The topological polar surface area (TPSA) is 92.7 Å². The number of amides is 1. The molecule has 0 aliphatic heterocycles. The quantitative estimate of drug-likeness (QED) is 0.436. The highest BCUT2D eigenvalue weighted by atomic mass is 32.1. The Labute approximate surface area is 166 Å². The largest absolute Gasteiger partial charge is 0.467 e. The van der Waals surface area contributed by atoms with Crippen LogP contribution in [0.1, 0.15) is 59.8 Å². The molecule has 1 amide bonds. The van der Waals surface area contributed by atoms with Gasteiger partial charge in [-0.2, -0.15) is 0 Å². The molecule has 1 rings (SSSR count). The number of hydrogen-bond donors (Lipinski definition) is 3. The van der Waals surface area contributed by atoms with Crippen LogP contribution in [0.5, 0.6) is 5.19 Å². The standard InChI is InChI=1S/C19H35N3O4S/c1-5-7-15(8-6-2)9-10-25-18(24)22-17-12-21-19(27-17)26-13-16(23)11-20-14(3)4/h12,14-16,20,23H,5-11,13H2,1-4H3,(H,22,24). The van der Waals surface area contributed by atoms with Crippen LogP contribution in [0, 0.1) is 5.92 Å². The molecule has 0 bridgehead atoms. The van der Waals surface area contributed by atoms with Crippen molar-refractivity contribution >= 4 is 22.4 Å². The molecule has 0 radical (unpaired) electrons. The fourth-order valence-electron chi connectivity index (χ4n) is 2.69. The zero-order chi connectivity index (χ0) is 20.1. The highest BCUT2D eigenvalue weighted by Gasteiger charge is 2.12. The molecule has 1 aromatic heterocycles. The van der Waals surface area contributed by atoms with E-state index in [1.807, 2.05) is 13.8 Å². The first-order valence-corrected chi connectivity index (χ1v) is 10.7. The summed E-state index contributed by atoms with van der Waals surface area (Å²) >= 11 is 1.21. The smallest absolute Gasteiger partial charge is 0.412 e. The van der Waals surface area contributed by atoms with Crippen molar-refractivity contribution in [2.24, 2.45) is 5.92 Å². The van der Waals surface area contributed by atoms with Gasteiger partial charge in [-0.1, -0.05) is 64.7 Å². The van der Waals surface area contributed by atoms with E-state index in [4.69, 9.17) is 9.47 Å². The van der Waals surface area contributed by atoms with Crippen molar-refractivity contribution in [3.63, 3.8) is 0 Å². The van der Waals surface area contributed by atoms with Crippen molar-refractivity contribution in [2.45, 2.75) is 71.9 Å². The molecule has 7 nitrogen and oxygen atoms in total. The van der Waals surface area contributed by atoms with Gasteiger partial charge in [0, 0.05) is 12.6 Å². The molecular weight excluding hydrogens is 366 g/mol. The lowest BCUT2D eigenvalue weighted by atomic mass is 9.95. The summed E-state index contributed by atoms with van der Waals surface area (Å²) in [7, 11) is 0. The summed E-state index contributed by atoms with van der Waals surface area (Å²) in [6.07, 6.45) is 5.99. The van der Waals surface area contributed by atoms with Crippen LogP contribution in [0.3, 0.4) is 0 Å². The van der Waals surface area contributed by atoms with Gasteiger partial charge in [0.15, 0.2) is 0 Å². The zero-order valence-electron chi connectivity index (χ0n) is 17.0. The van der Waals surface area contributed by atoms with Crippen LogP contribution in [0.2, 0.25) is 0 Å². The lowest BCUT2D eigenvalue weighted by molar-refractivity contribution is 0.104. The molecule has 0 aliphatic carbocycles. The lowest BCUT2D eigenvalue weighted by Crippen LogP contribution is -2.35. The van der Waals surface area contributed by atoms with E-state index < -0.39 is 12.2 Å². The first-order chi connectivity index (χ1) is 12.9. The van der Waals surface area contributed by atoms with Gasteiger partial charge >= 0.3 is 6.09 Å². The minimum absolute atomic E-state index is 0.146. The maximum atomic E-state index is 11.9. The van der Waals surface area contributed by atoms with Gasteiger partial charge in [0.1, 0.15) is 17.7 Å². The van der Waals surface area contributed by atoms with Crippen LogP contribution in [-0.2, 0) is 4.74 Å². The van der Waals surface area contributed by atoms with Crippen molar-refractivity contribution in [3.8, 4) is 5.19 Å². The second-order valence-electron chi connectivity index (χ2n) is 7.01. The molecule has 1 unspecified atom stereocenters. The van der Waals surface area contributed by atoms with Gasteiger partial charge in [-0.05, 0) is 12.3 Å². The minimum atomic E-state index is -0.614. The monoisotopic (exact) mass is 401 g/mol. The van der Waals surface area contributed by atoms with Gasteiger partial charge in [0.25, 0.3) is 5.19 Å². The average Bonchev–Trinajstić information content (AvgIpc) is 3.05. The summed E-state index contributed by atoms with van der Waals surface area (Å²) in [6, 6.07) is 0.306. The van der Waals surface area contributed by atoms with E-state index in [9.17, 15) is 9.90 Å². The fraction of sp³-hybridized carbons (Fsp3) is 0.789. The highest BCUT2D eigenvalue weighted by molar-refractivity contribution is 7.17. The predicted octanol–water partition coefficient (Wildman–Crippen LogP) is 4.04. The lowest BCUT2D eigenvalue weighted by Gasteiger charge is -2.14. The van der Waals surface area contributed by atoms with Crippen molar-refractivity contribution in [3.05, 3.63) is 6.20 Å². The van der Waals surface area contributed by atoms with E-state index in [-0.39, 0.29) is 6.61 Å². The van der Waals surface area contributed by atoms with E-state index in [1.54, 1.807) is 0 Å². The molecule has 0 spiro atoms. The van der Waals surface area contributed by atoms with Crippen molar-refractivity contribution in [1.82, 2.24) is 10.3 Å². The number of carbonyl (C=O) groups excluding carboxylic acids is 1. The van der Waals surface area contributed by atoms with Crippen LogP contribution < -0.4 is 15.4 Å². The van der Waals surface area contributed by atoms with E-state index in [0.717, 1.165) is 19.3 Å². The fourth-order valence-corrected chi connectivity index (χ4v) is 3.35. The minimum Gasteiger partial charge on any atom is -0.467 e. The number of nitrogens with zero attached hydrogens (tertiary/aromatic N) is 1. The molecule has 0 fully saturated rings. The molecular formula is C19H35N3O4S. The molecule has 0 saturated carbocycles. The number of nitrogens with one attached hydrogen (secondary N) is 2. The first kappa shape index (κ1) is 23.7. The molecule has 0 aromatic carbocycles. The van der Waals surface area contributed by atoms with E-state index in [2.05, 4.69) is 29.5 Å². The maximum Gasteiger partial charge on any atom is 0.412 e. The summed E-state index contributed by atoms with van der Waals surface area (Å²) in [4.78, 5) is 16.0. The number of aliphatic hydroxyl groups is 1. The molecule has 8 heteroatoms. The number of rotatable bonds is 14. The van der Waals surface area contributed by atoms with Crippen LogP contribution in [0.15, 0.2) is 6.20 Å². The average molecular weight is 402 g/mol. The van der Waals surface area contributed by atoms with Crippen LogP contribution >= 0.6 is 11.3 Å². The number of anilines is 1. The van der Waals surface area contributed by atoms with Crippen LogP contribution in [0.25, 0.3) is 0 Å². The van der Waals surface area contributed by atoms with Crippen LogP contribution in [0.4, 0.5) is 9.80 Å². The van der Waals surface area contributed by atoms with E-state index in [0.29, 0.717) is 35.3 Å². The number of ether oxygens (including phenoxy) is 2. The summed E-state index contributed by atoms with van der Waals surface area (Å²) in [5, 5.41) is 16.6. The Balaban J connectivity index is 2.27. The van der Waals surface area contributed by atoms with Gasteiger partial charge in [0.05, 0.1) is 12.8 Å². The zero-order valence-corrected chi connectivity index (χ0v) is 17.8. The SMILES string of the molecule is CCCC(CCC)CCOC(=O)Nc1cnc(OCC(O)CNC(C)C)s1. The maximum absolute atomic E-state index is 11.9. The summed E-state index contributed by atoms with van der Waals surface area (Å²) < 4.78 is 10.7. The summed E-state index contributed by atoms with van der Waals surface area (Å²) in [6.45, 7) is 9.41. The van der Waals surface area contributed by atoms with Gasteiger partial charge in [-0.3, -0.25) is 5.32 Å². The van der Waals surface area contributed by atoms with Crippen molar-refractivity contribution in [1.29, 1.82) is 0 Å². The Morgan fingerprint density at radius 3 is 2.59 bits per heavy atom. The third kappa shape index (κ3) is 11.1. The highest BCUT2D eigenvalue weighted by Crippen LogP contribution is 2.25. The number of carbonyl (C=O) groups is 1. The number of hydrogen-bond acceptors (Lipinski definition) is 7. The Kier molecular flexibility index (Phi) is 12.0. The summed E-state index contributed by atoms with van der Waals surface area (Å²) in [5.74, 6) is 0.618. The number of aliphatic hydroxyl groups excluding tert-OH is 1. The normalized spacial score (nSPS) is 12.4. The van der Waals surface area contributed by atoms with Crippen molar-refractivity contribution in [2.75, 3.05) is 25.1 Å². The molecule has 3 N–H and O–H groups in total. The van der Waals surface area contributed by atoms with Gasteiger partial charge in [-0.15, -0.1) is 0 Å². The van der Waals surface area contributed by atoms with Gasteiger partial charge in [0.2, 0.25) is 0 Å². The Morgan fingerprint density at radius 1 is 1.26 bits per heavy atom. The first-order valence-electron chi connectivity index (χ1n) is 9.88. The third-order valence-corrected chi connectivity index (χ3v) is 4.85. The van der Waals surface area contributed by atoms with Gasteiger partial charge in [-0.25, -0.2) is 9.78 Å². The second kappa shape index (κ2) is 13.7. The molecule has 0 saturated heterocycles. The molecule has 1 aromatic rings. The second-order valence-corrected chi connectivity index (χ2v) is 8.00. The van der Waals surface area contributed by atoms with E-state index >= 15 is 0 Å². The summed E-state index contributed by atoms with van der Waals surface area (Å²) in [5.41, 5.74) is 0. The Bertz CT molecular complexity index is 519. The molecule has 0 aliphatic rings. The number of aromatic nitrogens is 1. The third-order valence-electron chi connectivity index (χ3n) is 4.02. The molecule has 156 valence electrons. The molecule has 27 heavy (non-hydrogen) atoms. The Morgan fingerprint density at radius 2 is 1.96 bits per heavy atom. The molecule has 1 atom stereocenters. The van der Waals surface area contributed by atoms with Crippen molar-refractivity contribution < 1.29 is 19.4 Å². The predicted molar refractivity (Wildman–Crippen MR) is 110 cm³/mol. The van der Waals surface area contributed by atoms with E-state index in [1.165, 1.54) is 30.4 Å². The Hall–Kier alpha value is -1.38. The molecule has 1 heterocycles.